The van der Waals surface area contributed by atoms with E-state index >= 15 is 0 Å². The molecule has 174 valence electrons. The van der Waals surface area contributed by atoms with Gasteiger partial charge < -0.3 is 15.4 Å². The number of nitrogens with zero attached hydrogens (tertiary/aromatic N) is 2. The molecular weight excluding hydrogens is 467 g/mol. The van der Waals surface area contributed by atoms with Crippen molar-refractivity contribution in [1.82, 2.24) is 9.55 Å². The van der Waals surface area contributed by atoms with Crippen LogP contribution in [0.5, 0.6) is 5.75 Å². The van der Waals surface area contributed by atoms with Gasteiger partial charge in [0.15, 0.2) is 11.8 Å². The number of nitrogens with one attached hydrogen (secondary N) is 1. The van der Waals surface area contributed by atoms with Crippen LogP contribution in [0.25, 0.3) is 0 Å². The fourth-order valence-electron chi connectivity index (χ4n) is 3.35. The van der Waals surface area contributed by atoms with Gasteiger partial charge in [-0.05, 0) is 31.0 Å². The maximum absolute atomic E-state index is 13.3. The third-order valence-corrected chi connectivity index (χ3v) is 5.75. The Balaban J connectivity index is 1.99. The van der Waals surface area contributed by atoms with E-state index in [1.807, 2.05) is 37.3 Å². The maximum Gasteiger partial charge on any atom is 0.330 e. The number of hydrogen-bond acceptors (Lipinski definition) is 5. The third kappa shape index (κ3) is 5.40. The van der Waals surface area contributed by atoms with Crippen molar-refractivity contribution in [2.75, 3.05) is 17.2 Å². The first-order valence-electron chi connectivity index (χ1n) is 10.3. The highest BCUT2D eigenvalue weighted by molar-refractivity contribution is 6.42. The lowest BCUT2D eigenvalue weighted by molar-refractivity contribution is -0.124. The summed E-state index contributed by atoms with van der Waals surface area (Å²) in [6.07, 6.45) is -0.478. The van der Waals surface area contributed by atoms with Crippen LogP contribution in [0.2, 0.25) is 10.0 Å². The van der Waals surface area contributed by atoms with Crippen molar-refractivity contribution in [3.8, 4) is 5.75 Å². The average Bonchev–Trinajstić information content (AvgIpc) is 2.79. The molecule has 0 aliphatic heterocycles. The molecule has 1 atom stereocenters. The van der Waals surface area contributed by atoms with Gasteiger partial charge in [0.1, 0.15) is 16.6 Å². The number of aromatic amines is 1. The van der Waals surface area contributed by atoms with Gasteiger partial charge in [0.25, 0.3) is 11.5 Å². The number of halogens is 2. The topological polar surface area (TPSA) is 110 Å². The van der Waals surface area contributed by atoms with E-state index < -0.39 is 23.3 Å². The largest absolute Gasteiger partial charge is 0.479 e. The fraction of sp³-hybridized carbons (Fsp3) is 0.261. The number of carbonyl (C=O) groups excluding carboxylic acids is 1. The van der Waals surface area contributed by atoms with E-state index in [2.05, 4.69) is 4.98 Å². The first-order valence-corrected chi connectivity index (χ1v) is 11.1. The van der Waals surface area contributed by atoms with Crippen LogP contribution in [0.4, 0.5) is 11.5 Å². The molecule has 33 heavy (non-hydrogen) atoms. The number of H-pyrrole nitrogens is 1. The molecule has 1 aromatic heterocycles. The van der Waals surface area contributed by atoms with Crippen LogP contribution >= 0.6 is 23.2 Å². The summed E-state index contributed by atoms with van der Waals surface area (Å²) in [6.45, 7) is 3.71. The zero-order valence-electron chi connectivity index (χ0n) is 18.2. The summed E-state index contributed by atoms with van der Waals surface area (Å²) in [4.78, 5) is 42.1. The van der Waals surface area contributed by atoms with Gasteiger partial charge in [0.05, 0.1) is 11.6 Å². The van der Waals surface area contributed by atoms with E-state index in [9.17, 15) is 14.4 Å². The number of aromatic nitrogens is 2. The third-order valence-electron chi connectivity index (χ3n) is 4.95. The Kier molecular flexibility index (Phi) is 7.84. The summed E-state index contributed by atoms with van der Waals surface area (Å²) < 4.78 is 6.96. The molecule has 0 fully saturated rings. The molecule has 8 nitrogen and oxygen atoms in total. The number of nitrogens with two attached hydrogens (primary N) is 1. The standard InChI is InChI=1S/C23H24Cl2N4O4/c1-3-12-28(22(31)14(2)33-17-11-7-10-16(24)18(17)25)19-20(26)29(23(32)27-21(19)30)13-15-8-5-4-6-9-15/h4-11,14H,3,12-13,26H2,1-2H3,(H,27,30,32). The van der Waals surface area contributed by atoms with Crippen molar-refractivity contribution < 1.29 is 9.53 Å². The van der Waals surface area contributed by atoms with Gasteiger partial charge in [-0.1, -0.05) is 66.5 Å². The predicted molar refractivity (Wildman–Crippen MR) is 130 cm³/mol. The molecule has 0 spiro atoms. The molecule has 1 amide bonds. The summed E-state index contributed by atoms with van der Waals surface area (Å²) in [5.74, 6) is -0.394. The van der Waals surface area contributed by atoms with Gasteiger partial charge in [0, 0.05) is 6.54 Å². The minimum absolute atomic E-state index is 0.106. The Morgan fingerprint density at radius 2 is 1.85 bits per heavy atom. The fourth-order valence-corrected chi connectivity index (χ4v) is 3.69. The molecule has 3 rings (SSSR count). The quantitative estimate of drug-likeness (QED) is 0.500. The van der Waals surface area contributed by atoms with Gasteiger partial charge in [-0.3, -0.25) is 19.1 Å². The molecule has 0 aliphatic carbocycles. The van der Waals surface area contributed by atoms with Crippen LogP contribution in [0.1, 0.15) is 25.8 Å². The Morgan fingerprint density at radius 1 is 1.15 bits per heavy atom. The lowest BCUT2D eigenvalue weighted by Gasteiger charge is -2.27. The predicted octanol–water partition coefficient (Wildman–Crippen LogP) is 3.68. The summed E-state index contributed by atoms with van der Waals surface area (Å²) >= 11 is 12.2. The SMILES string of the molecule is CCCN(C(=O)C(C)Oc1cccc(Cl)c1Cl)c1c(N)n(Cc2ccccc2)c(=O)[nH]c1=O. The van der Waals surface area contributed by atoms with Crippen molar-refractivity contribution >= 4 is 40.6 Å². The zero-order valence-corrected chi connectivity index (χ0v) is 19.7. The van der Waals surface area contributed by atoms with Crippen LogP contribution in [-0.4, -0.2) is 28.1 Å². The average molecular weight is 491 g/mol. The number of rotatable bonds is 8. The number of carbonyl (C=O) groups is 1. The highest BCUT2D eigenvalue weighted by Gasteiger charge is 2.29. The van der Waals surface area contributed by atoms with Gasteiger partial charge >= 0.3 is 5.69 Å². The first-order chi connectivity index (χ1) is 15.7. The molecule has 2 aromatic carbocycles. The van der Waals surface area contributed by atoms with Crippen molar-refractivity contribution in [2.45, 2.75) is 32.9 Å². The van der Waals surface area contributed by atoms with Crippen LogP contribution in [0.3, 0.4) is 0 Å². The summed E-state index contributed by atoms with van der Waals surface area (Å²) in [5, 5.41) is 0.461. The Morgan fingerprint density at radius 3 is 2.52 bits per heavy atom. The minimum atomic E-state index is -1.01. The van der Waals surface area contributed by atoms with Crippen molar-refractivity contribution in [1.29, 1.82) is 0 Å². The second-order valence-corrected chi connectivity index (χ2v) is 8.15. The van der Waals surface area contributed by atoms with E-state index in [1.165, 1.54) is 16.4 Å². The smallest absolute Gasteiger partial charge is 0.330 e. The van der Waals surface area contributed by atoms with Crippen molar-refractivity contribution in [2.24, 2.45) is 0 Å². The molecule has 0 bridgehead atoms. The molecule has 3 N–H and O–H groups in total. The van der Waals surface area contributed by atoms with Gasteiger partial charge in [-0.15, -0.1) is 0 Å². The van der Waals surface area contributed by atoms with Crippen molar-refractivity contribution in [3.05, 3.63) is 85.0 Å². The highest BCUT2D eigenvalue weighted by Crippen LogP contribution is 2.32. The minimum Gasteiger partial charge on any atom is -0.479 e. The second kappa shape index (κ2) is 10.6. The Bertz CT molecular complexity index is 1260. The van der Waals surface area contributed by atoms with E-state index in [1.54, 1.807) is 18.2 Å². The molecule has 1 heterocycles. The number of anilines is 2. The lowest BCUT2D eigenvalue weighted by Crippen LogP contribution is -2.46. The first kappa shape index (κ1) is 24.4. The molecular formula is C23H24Cl2N4O4. The van der Waals surface area contributed by atoms with E-state index in [0.29, 0.717) is 6.42 Å². The summed E-state index contributed by atoms with van der Waals surface area (Å²) in [6, 6.07) is 14.0. The van der Waals surface area contributed by atoms with Crippen LogP contribution < -0.4 is 26.6 Å². The number of nitrogen functional groups attached to an aromatic ring is 1. The monoisotopic (exact) mass is 490 g/mol. The molecule has 10 heteroatoms. The van der Waals surface area contributed by atoms with Crippen molar-refractivity contribution in [3.63, 3.8) is 0 Å². The molecule has 0 radical (unpaired) electrons. The number of ether oxygens (including phenoxy) is 1. The maximum atomic E-state index is 13.3. The van der Waals surface area contributed by atoms with Crippen LogP contribution in [-0.2, 0) is 11.3 Å². The lowest BCUT2D eigenvalue weighted by atomic mass is 10.2. The summed E-state index contributed by atoms with van der Waals surface area (Å²) in [5.41, 5.74) is 5.56. The molecule has 3 aromatic rings. The number of hydrogen-bond donors (Lipinski definition) is 2. The van der Waals surface area contributed by atoms with Gasteiger partial charge in [-0.25, -0.2) is 4.79 Å². The van der Waals surface area contributed by atoms with Gasteiger partial charge in [0.2, 0.25) is 0 Å². The second-order valence-electron chi connectivity index (χ2n) is 7.37. The molecule has 0 saturated carbocycles. The highest BCUT2D eigenvalue weighted by atomic mass is 35.5. The molecule has 0 saturated heterocycles. The summed E-state index contributed by atoms with van der Waals surface area (Å²) in [7, 11) is 0. The van der Waals surface area contributed by atoms with E-state index in [-0.39, 0.29) is 40.4 Å². The Labute approximate surface area is 200 Å². The van der Waals surface area contributed by atoms with E-state index in [0.717, 1.165) is 5.56 Å². The molecule has 0 aliphatic rings. The zero-order chi connectivity index (χ0) is 24.1. The van der Waals surface area contributed by atoms with Crippen LogP contribution in [0, 0.1) is 0 Å². The Hall–Kier alpha value is -3.23. The normalized spacial score (nSPS) is 11.8. The van der Waals surface area contributed by atoms with Crippen LogP contribution in [0.15, 0.2) is 58.1 Å². The van der Waals surface area contributed by atoms with E-state index in [4.69, 9.17) is 33.7 Å². The molecule has 1 unspecified atom stereocenters. The number of benzene rings is 2. The van der Waals surface area contributed by atoms with Gasteiger partial charge in [-0.2, -0.15) is 0 Å². The number of amides is 1.